The summed E-state index contributed by atoms with van der Waals surface area (Å²) in [6.07, 6.45) is 0. The lowest BCUT2D eigenvalue weighted by molar-refractivity contribution is 0.459. The fraction of sp³-hybridized carbons (Fsp3) is 0.333. The molecule has 0 aliphatic heterocycles. The van der Waals surface area contributed by atoms with Gasteiger partial charge in [0.25, 0.3) is 0 Å². The predicted octanol–water partition coefficient (Wildman–Crippen LogP) is 5.83. The van der Waals surface area contributed by atoms with Crippen LogP contribution in [-0.4, -0.2) is 8.32 Å². The third kappa shape index (κ3) is 2.96. The summed E-state index contributed by atoms with van der Waals surface area (Å²) in [6.45, 7) is 15.4. The van der Waals surface area contributed by atoms with Crippen molar-refractivity contribution in [3.05, 3.63) is 54.6 Å². The lowest BCUT2D eigenvalue weighted by Crippen LogP contribution is -2.40. The van der Waals surface area contributed by atoms with Crippen molar-refractivity contribution >= 4 is 24.8 Å². The normalized spacial score (nSPS) is 12.4. The molecule has 1 nitrogen and oxygen atoms in total. The molecule has 0 unspecified atom stereocenters. The number of hydrogen-bond donors (Lipinski definition) is 0. The van der Waals surface area contributed by atoms with E-state index in [1.54, 1.807) is 0 Å². The molecule has 0 radical (unpaired) electrons. The highest BCUT2D eigenvalue weighted by atomic mass is 28.4. The maximum Gasteiger partial charge on any atom is 0.250 e. The van der Waals surface area contributed by atoms with Crippen LogP contribution in [0.3, 0.4) is 0 Å². The Morgan fingerprint density at radius 2 is 1.60 bits per heavy atom. The molecule has 0 fully saturated rings. The van der Waals surface area contributed by atoms with Gasteiger partial charge in [0, 0.05) is 5.56 Å². The summed E-state index contributed by atoms with van der Waals surface area (Å²) >= 11 is 0. The van der Waals surface area contributed by atoms with Gasteiger partial charge in [-0.05, 0) is 35.0 Å². The van der Waals surface area contributed by atoms with Gasteiger partial charge in [0.2, 0.25) is 8.32 Å². The van der Waals surface area contributed by atoms with Gasteiger partial charge in [-0.15, -0.1) is 0 Å². The van der Waals surface area contributed by atoms with Gasteiger partial charge in [-0.2, -0.15) is 0 Å². The van der Waals surface area contributed by atoms with E-state index in [1.807, 2.05) is 0 Å². The van der Waals surface area contributed by atoms with E-state index < -0.39 is 8.32 Å². The highest BCUT2D eigenvalue weighted by Crippen LogP contribution is 2.39. The van der Waals surface area contributed by atoms with E-state index >= 15 is 0 Å². The monoisotopic (exact) mass is 284 g/mol. The van der Waals surface area contributed by atoms with Gasteiger partial charge in [0.05, 0.1) is 0 Å². The first kappa shape index (κ1) is 14.9. The van der Waals surface area contributed by atoms with Gasteiger partial charge >= 0.3 is 0 Å². The summed E-state index contributed by atoms with van der Waals surface area (Å²) < 4.78 is 6.28. The minimum Gasteiger partial charge on any atom is -0.543 e. The van der Waals surface area contributed by atoms with Crippen molar-refractivity contribution in [1.82, 2.24) is 0 Å². The summed E-state index contributed by atoms with van der Waals surface area (Å²) in [5.74, 6) is 0.794. The first-order chi connectivity index (χ1) is 9.21. The van der Waals surface area contributed by atoms with Crippen molar-refractivity contribution in [3.8, 4) is 0 Å². The van der Waals surface area contributed by atoms with Crippen molar-refractivity contribution in [1.29, 1.82) is 0 Å². The number of hydrogen-bond acceptors (Lipinski definition) is 1. The second-order valence-corrected chi connectivity index (χ2v) is 11.6. The minimum atomic E-state index is -1.82. The van der Waals surface area contributed by atoms with E-state index in [9.17, 15) is 0 Å². The van der Waals surface area contributed by atoms with Gasteiger partial charge < -0.3 is 4.43 Å². The SMILES string of the molecule is C=C(O[Si](C)(C)C(C)(C)C)c1ccc2ccccc2c1. The number of benzene rings is 2. The van der Waals surface area contributed by atoms with E-state index in [2.05, 4.69) is 82.9 Å². The van der Waals surface area contributed by atoms with Gasteiger partial charge in [-0.25, -0.2) is 0 Å². The Labute approximate surface area is 123 Å². The summed E-state index contributed by atoms with van der Waals surface area (Å²) in [4.78, 5) is 0. The minimum absolute atomic E-state index is 0.187. The maximum atomic E-state index is 6.28. The lowest BCUT2D eigenvalue weighted by Gasteiger charge is -2.37. The van der Waals surface area contributed by atoms with Crippen molar-refractivity contribution in [3.63, 3.8) is 0 Å². The molecule has 0 N–H and O–H groups in total. The van der Waals surface area contributed by atoms with Gasteiger partial charge in [0.15, 0.2) is 0 Å². The molecule has 0 atom stereocenters. The van der Waals surface area contributed by atoms with Crippen molar-refractivity contribution < 1.29 is 4.43 Å². The van der Waals surface area contributed by atoms with E-state index in [0.717, 1.165) is 11.3 Å². The molecule has 0 aliphatic rings. The van der Waals surface area contributed by atoms with Crippen LogP contribution in [0, 0.1) is 0 Å². The topological polar surface area (TPSA) is 9.23 Å². The Kier molecular flexibility index (Phi) is 3.79. The van der Waals surface area contributed by atoms with Crippen molar-refractivity contribution in [2.24, 2.45) is 0 Å². The fourth-order valence-corrected chi connectivity index (χ4v) is 2.92. The Morgan fingerprint density at radius 3 is 2.20 bits per heavy atom. The molecule has 0 saturated heterocycles. The second kappa shape index (κ2) is 5.10. The highest BCUT2D eigenvalue weighted by Gasteiger charge is 2.39. The third-order valence-electron chi connectivity index (χ3n) is 4.26. The number of fused-ring (bicyclic) bond motifs is 1. The van der Waals surface area contributed by atoms with Crippen LogP contribution in [0.5, 0.6) is 0 Å². The average molecular weight is 284 g/mol. The van der Waals surface area contributed by atoms with E-state index in [0.29, 0.717) is 0 Å². The zero-order chi connectivity index (χ0) is 15.0. The van der Waals surface area contributed by atoms with Crippen molar-refractivity contribution in [2.45, 2.75) is 38.9 Å². The molecule has 0 aromatic heterocycles. The van der Waals surface area contributed by atoms with Crippen LogP contribution in [0.2, 0.25) is 18.1 Å². The molecule has 0 heterocycles. The highest BCUT2D eigenvalue weighted by molar-refractivity contribution is 6.74. The Hall–Kier alpha value is -1.54. The Balaban J connectivity index is 2.28. The Bertz CT molecular complexity index is 635. The van der Waals surface area contributed by atoms with Gasteiger partial charge in [-0.3, -0.25) is 0 Å². The zero-order valence-corrected chi connectivity index (χ0v) is 14.2. The number of rotatable bonds is 3. The summed E-state index contributed by atoms with van der Waals surface area (Å²) in [7, 11) is -1.82. The maximum absolute atomic E-state index is 6.28. The molecule has 2 rings (SSSR count). The van der Waals surface area contributed by atoms with Crippen LogP contribution < -0.4 is 0 Å². The largest absolute Gasteiger partial charge is 0.543 e. The molecular weight excluding hydrogens is 260 g/mol. The van der Waals surface area contributed by atoms with Crippen LogP contribution in [-0.2, 0) is 4.43 Å². The smallest absolute Gasteiger partial charge is 0.250 e. The van der Waals surface area contributed by atoms with Crippen LogP contribution >= 0.6 is 0 Å². The molecule has 0 bridgehead atoms. The van der Waals surface area contributed by atoms with Gasteiger partial charge in [0.1, 0.15) is 5.76 Å². The summed E-state index contributed by atoms with van der Waals surface area (Å²) in [6, 6.07) is 14.7. The molecule has 2 heteroatoms. The Morgan fingerprint density at radius 1 is 1.00 bits per heavy atom. The fourth-order valence-electron chi connectivity index (χ4n) is 1.88. The molecule has 0 aliphatic carbocycles. The van der Waals surface area contributed by atoms with Crippen molar-refractivity contribution in [2.75, 3.05) is 0 Å². The van der Waals surface area contributed by atoms with Crippen LogP contribution in [0.15, 0.2) is 49.0 Å². The molecule has 0 spiro atoms. The molecule has 2 aromatic rings. The molecule has 106 valence electrons. The molecule has 20 heavy (non-hydrogen) atoms. The average Bonchev–Trinajstić information content (AvgIpc) is 2.36. The summed E-state index contributed by atoms with van der Waals surface area (Å²) in [5.41, 5.74) is 1.08. The molecule has 0 saturated carbocycles. The van der Waals surface area contributed by atoms with Crippen LogP contribution in [0.25, 0.3) is 16.5 Å². The third-order valence-corrected chi connectivity index (χ3v) is 8.63. The first-order valence-corrected chi connectivity index (χ1v) is 9.99. The van der Waals surface area contributed by atoms with Crippen LogP contribution in [0.1, 0.15) is 26.3 Å². The first-order valence-electron chi connectivity index (χ1n) is 7.08. The summed E-state index contributed by atoms with van der Waals surface area (Å²) in [5, 5.41) is 2.66. The lowest BCUT2D eigenvalue weighted by atomic mass is 10.1. The van der Waals surface area contributed by atoms with E-state index in [1.165, 1.54) is 10.8 Å². The molecule has 2 aromatic carbocycles. The molecule has 0 amide bonds. The van der Waals surface area contributed by atoms with Crippen LogP contribution in [0.4, 0.5) is 0 Å². The second-order valence-electron chi connectivity index (χ2n) is 6.85. The quantitative estimate of drug-likeness (QED) is 0.509. The van der Waals surface area contributed by atoms with Gasteiger partial charge in [-0.1, -0.05) is 63.7 Å². The standard InChI is InChI=1S/C18H24OSi/c1-14(19-20(5,6)18(2,3)4)16-12-11-15-9-7-8-10-17(15)13-16/h7-13H,1H2,2-6H3. The van der Waals surface area contributed by atoms with E-state index in [4.69, 9.17) is 4.43 Å². The van der Waals surface area contributed by atoms with E-state index in [-0.39, 0.29) is 5.04 Å². The molecular formula is C18H24OSi. The zero-order valence-electron chi connectivity index (χ0n) is 13.2. The predicted molar refractivity (Wildman–Crippen MR) is 91.3 cm³/mol.